The van der Waals surface area contributed by atoms with E-state index >= 15 is 0 Å². The molecule has 0 fully saturated rings. The lowest BCUT2D eigenvalue weighted by molar-refractivity contribution is 0.103. The standard InChI is InChI=1S/C24H51N/c1-6-9-12-15-16-17-18-21-24(4,5)25(22-19-13-10-7-2)23-20-14-11-8-3/h6-23H2,1-5H3. The lowest BCUT2D eigenvalue weighted by atomic mass is 9.93. The molecule has 0 aliphatic carbocycles. The van der Waals surface area contributed by atoms with E-state index in [0.29, 0.717) is 5.54 Å². The Morgan fingerprint density at radius 1 is 0.480 bits per heavy atom. The second-order valence-corrected chi connectivity index (χ2v) is 8.79. The molecule has 0 aliphatic rings. The Morgan fingerprint density at radius 2 is 0.840 bits per heavy atom. The van der Waals surface area contributed by atoms with Crippen molar-refractivity contribution in [2.75, 3.05) is 13.1 Å². The molecule has 0 aromatic heterocycles. The van der Waals surface area contributed by atoms with Crippen LogP contribution in [-0.4, -0.2) is 23.5 Å². The van der Waals surface area contributed by atoms with Gasteiger partial charge in [-0.2, -0.15) is 0 Å². The van der Waals surface area contributed by atoms with E-state index in [2.05, 4.69) is 39.5 Å². The average molecular weight is 354 g/mol. The minimum atomic E-state index is 0.391. The molecule has 0 radical (unpaired) electrons. The predicted molar refractivity (Wildman–Crippen MR) is 117 cm³/mol. The average Bonchev–Trinajstić information content (AvgIpc) is 2.59. The highest BCUT2D eigenvalue weighted by Gasteiger charge is 2.25. The molecule has 0 atom stereocenters. The first-order valence-electron chi connectivity index (χ1n) is 11.8. The largest absolute Gasteiger partial charge is 0.298 e. The van der Waals surface area contributed by atoms with Gasteiger partial charge in [-0.15, -0.1) is 0 Å². The molecule has 0 spiro atoms. The van der Waals surface area contributed by atoms with Crippen molar-refractivity contribution < 1.29 is 0 Å². The van der Waals surface area contributed by atoms with Gasteiger partial charge in [0.1, 0.15) is 0 Å². The minimum Gasteiger partial charge on any atom is -0.298 e. The quantitative estimate of drug-likeness (QED) is 0.211. The zero-order chi connectivity index (χ0) is 18.8. The van der Waals surface area contributed by atoms with Gasteiger partial charge in [-0.3, -0.25) is 4.90 Å². The van der Waals surface area contributed by atoms with E-state index in [1.165, 1.54) is 116 Å². The molecule has 152 valence electrons. The molecular formula is C24H51N. The second kappa shape index (κ2) is 17.4. The van der Waals surface area contributed by atoms with Crippen molar-refractivity contribution in [3.63, 3.8) is 0 Å². The van der Waals surface area contributed by atoms with Gasteiger partial charge in [-0.1, -0.05) is 104 Å². The molecule has 0 unspecified atom stereocenters. The normalized spacial score (nSPS) is 12.2. The van der Waals surface area contributed by atoms with Crippen molar-refractivity contribution >= 4 is 0 Å². The third kappa shape index (κ3) is 14.8. The number of hydrogen-bond acceptors (Lipinski definition) is 1. The van der Waals surface area contributed by atoms with Gasteiger partial charge in [0.2, 0.25) is 0 Å². The van der Waals surface area contributed by atoms with Crippen LogP contribution in [0.5, 0.6) is 0 Å². The van der Waals surface area contributed by atoms with Crippen LogP contribution in [0.4, 0.5) is 0 Å². The third-order valence-electron chi connectivity index (χ3n) is 5.81. The molecule has 0 rings (SSSR count). The molecule has 0 N–H and O–H groups in total. The second-order valence-electron chi connectivity index (χ2n) is 8.79. The lowest BCUT2D eigenvalue weighted by Gasteiger charge is -2.39. The molecule has 25 heavy (non-hydrogen) atoms. The smallest absolute Gasteiger partial charge is 0.0153 e. The van der Waals surface area contributed by atoms with Crippen molar-refractivity contribution in [3.05, 3.63) is 0 Å². The summed E-state index contributed by atoms with van der Waals surface area (Å²) >= 11 is 0. The summed E-state index contributed by atoms with van der Waals surface area (Å²) < 4.78 is 0. The molecule has 1 heteroatoms. The topological polar surface area (TPSA) is 3.24 Å². The monoisotopic (exact) mass is 353 g/mol. The molecule has 0 saturated heterocycles. The summed E-state index contributed by atoms with van der Waals surface area (Å²) in [6.45, 7) is 14.6. The van der Waals surface area contributed by atoms with Crippen LogP contribution in [0.1, 0.15) is 137 Å². The van der Waals surface area contributed by atoms with Crippen molar-refractivity contribution in [2.24, 2.45) is 0 Å². The maximum absolute atomic E-state index is 2.83. The zero-order valence-corrected chi connectivity index (χ0v) is 18.7. The SMILES string of the molecule is CCCCCCCCCC(C)(C)N(CCCCCC)CCCCCC. The van der Waals surface area contributed by atoms with Gasteiger partial charge in [0, 0.05) is 5.54 Å². The van der Waals surface area contributed by atoms with Crippen LogP contribution < -0.4 is 0 Å². The van der Waals surface area contributed by atoms with Gasteiger partial charge >= 0.3 is 0 Å². The van der Waals surface area contributed by atoms with Crippen molar-refractivity contribution in [1.82, 2.24) is 4.90 Å². The van der Waals surface area contributed by atoms with Crippen LogP contribution in [0.15, 0.2) is 0 Å². The Balaban J connectivity index is 4.15. The highest BCUT2D eigenvalue weighted by Crippen LogP contribution is 2.24. The molecule has 0 bridgehead atoms. The molecular weight excluding hydrogens is 302 g/mol. The van der Waals surface area contributed by atoms with Crippen LogP contribution >= 0.6 is 0 Å². The van der Waals surface area contributed by atoms with E-state index in [0.717, 1.165) is 0 Å². The lowest BCUT2D eigenvalue weighted by Crippen LogP contribution is -2.45. The number of unbranched alkanes of at least 4 members (excludes halogenated alkanes) is 12. The maximum Gasteiger partial charge on any atom is 0.0153 e. The molecule has 0 saturated carbocycles. The van der Waals surface area contributed by atoms with Crippen LogP contribution in [0.3, 0.4) is 0 Å². The van der Waals surface area contributed by atoms with Gasteiger partial charge in [0.15, 0.2) is 0 Å². The Morgan fingerprint density at radius 3 is 1.28 bits per heavy atom. The molecule has 1 nitrogen and oxygen atoms in total. The van der Waals surface area contributed by atoms with Crippen LogP contribution in [0.25, 0.3) is 0 Å². The first-order chi connectivity index (χ1) is 12.1. The fourth-order valence-electron chi connectivity index (χ4n) is 3.85. The van der Waals surface area contributed by atoms with Gasteiger partial charge in [-0.05, 0) is 46.2 Å². The van der Waals surface area contributed by atoms with Crippen LogP contribution in [-0.2, 0) is 0 Å². The number of hydrogen-bond donors (Lipinski definition) is 0. The van der Waals surface area contributed by atoms with Crippen molar-refractivity contribution in [1.29, 1.82) is 0 Å². The highest BCUT2D eigenvalue weighted by atomic mass is 15.2. The summed E-state index contributed by atoms with van der Waals surface area (Å²) in [5.41, 5.74) is 0.391. The maximum atomic E-state index is 2.83. The molecule has 0 aromatic rings. The van der Waals surface area contributed by atoms with E-state index in [9.17, 15) is 0 Å². The van der Waals surface area contributed by atoms with Gasteiger partial charge in [0.05, 0.1) is 0 Å². The Kier molecular flexibility index (Phi) is 17.3. The molecule has 0 heterocycles. The molecule has 0 aliphatic heterocycles. The summed E-state index contributed by atoms with van der Waals surface area (Å²) in [6, 6.07) is 0. The molecule has 0 aromatic carbocycles. The minimum absolute atomic E-state index is 0.391. The molecule has 0 amide bonds. The highest BCUT2D eigenvalue weighted by molar-refractivity contribution is 4.81. The zero-order valence-electron chi connectivity index (χ0n) is 18.7. The van der Waals surface area contributed by atoms with Gasteiger partial charge < -0.3 is 0 Å². The van der Waals surface area contributed by atoms with E-state index < -0.39 is 0 Å². The summed E-state index contributed by atoms with van der Waals surface area (Å²) in [4.78, 5) is 2.83. The predicted octanol–water partition coefficient (Wildman–Crippen LogP) is 8.37. The Labute approximate surface area is 161 Å². The third-order valence-corrected chi connectivity index (χ3v) is 5.81. The summed E-state index contributed by atoms with van der Waals surface area (Å²) in [7, 11) is 0. The van der Waals surface area contributed by atoms with E-state index in [1.54, 1.807) is 0 Å². The van der Waals surface area contributed by atoms with Gasteiger partial charge in [0.25, 0.3) is 0 Å². The van der Waals surface area contributed by atoms with E-state index in [-0.39, 0.29) is 0 Å². The van der Waals surface area contributed by atoms with Crippen molar-refractivity contribution in [3.8, 4) is 0 Å². The van der Waals surface area contributed by atoms with Crippen LogP contribution in [0, 0.1) is 0 Å². The summed E-state index contributed by atoms with van der Waals surface area (Å²) in [5, 5.41) is 0. The Bertz CT molecular complexity index is 247. The first-order valence-corrected chi connectivity index (χ1v) is 11.8. The summed E-state index contributed by atoms with van der Waals surface area (Å²) in [5.74, 6) is 0. The summed E-state index contributed by atoms with van der Waals surface area (Å²) in [6.07, 6.45) is 22.5. The number of nitrogens with zero attached hydrogens (tertiary/aromatic N) is 1. The van der Waals surface area contributed by atoms with E-state index in [4.69, 9.17) is 0 Å². The van der Waals surface area contributed by atoms with Crippen molar-refractivity contribution in [2.45, 2.75) is 143 Å². The Hall–Kier alpha value is -0.0400. The fraction of sp³-hybridized carbons (Fsp3) is 1.00. The fourth-order valence-corrected chi connectivity index (χ4v) is 3.85. The first kappa shape index (κ1) is 25.0. The van der Waals surface area contributed by atoms with E-state index in [1.807, 2.05) is 0 Å². The van der Waals surface area contributed by atoms with Crippen LogP contribution in [0.2, 0.25) is 0 Å². The number of rotatable bonds is 19. The van der Waals surface area contributed by atoms with Gasteiger partial charge in [-0.25, -0.2) is 0 Å².